The van der Waals surface area contributed by atoms with Crippen molar-refractivity contribution >= 4 is 11.4 Å². The fourth-order valence-electron chi connectivity index (χ4n) is 1.61. The Morgan fingerprint density at radius 1 is 1.27 bits per heavy atom. The maximum atomic E-state index is 7.32. The van der Waals surface area contributed by atoms with Gasteiger partial charge in [-0.15, -0.1) is 0 Å². The van der Waals surface area contributed by atoms with Crippen molar-refractivity contribution in [3.63, 3.8) is 0 Å². The van der Waals surface area contributed by atoms with Gasteiger partial charge < -0.3 is 0 Å². The van der Waals surface area contributed by atoms with E-state index in [0.29, 0.717) is 0 Å². The van der Waals surface area contributed by atoms with Gasteiger partial charge in [-0.1, -0.05) is 32.0 Å². The van der Waals surface area contributed by atoms with E-state index in [1.165, 1.54) is 18.2 Å². The van der Waals surface area contributed by atoms with Crippen LogP contribution < -0.4 is 0 Å². The average molecular weight is 200 g/mol. The lowest BCUT2D eigenvalue weighted by atomic mass is 9.82. The van der Waals surface area contributed by atoms with Crippen LogP contribution in [0.15, 0.2) is 29.3 Å². The molecule has 78 valence electrons. The molecule has 0 saturated carbocycles. The van der Waals surface area contributed by atoms with Crippen molar-refractivity contribution in [3.05, 3.63) is 29.8 Å². The average Bonchev–Trinajstić information content (AvgIpc) is 2.40. The Balaban J connectivity index is 0.000000337. The van der Waals surface area contributed by atoms with Gasteiger partial charge in [-0.2, -0.15) is 5.26 Å². The van der Waals surface area contributed by atoms with Crippen molar-refractivity contribution < 1.29 is 0 Å². The van der Waals surface area contributed by atoms with E-state index >= 15 is 0 Å². The monoisotopic (exact) mass is 200 g/mol. The van der Waals surface area contributed by atoms with Crippen molar-refractivity contribution in [2.24, 2.45) is 4.99 Å². The highest BCUT2D eigenvalue weighted by atomic mass is 14.8. The van der Waals surface area contributed by atoms with E-state index in [-0.39, 0.29) is 5.41 Å². The molecule has 0 aromatic heterocycles. The first-order valence-electron chi connectivity index (χ1n) is 5.00. The largest absolute Gasteiger partial charge is 0.257 e. The predicted molar refractivity (Wildman–Crippen MR) is 63.5 cm³/mol. The second-order valence-electron chi connectivity index (χ2n) is 4.06. The zero-order valence-electron chi connectivity index (χ0n) is 9.70. The maximum absolute atomic E-state index is 7.32. The van der Waals surface area contributed by atoms with Crippen LogP contribution in [0.25, 0.3) is 0 Å². The van der Waals surface area contributed by atoms with Crippen LogP contribution in [0, 0.1) is 11.3 Å². The second-order valence-corrected chi connectivity index (χ2v) is 4.06. The molecule has 1 aromatic rings. The zero-order chi connectivity index (χ0) is 11.5. The molecule has 0 radical (unpaired) electrons. The van der Waals surface area contributed by atoms with Crippen LogP contribution in [-0.2, 0) is 5.41 Å². The highest BCUT2D eigenvalue weighted by Crippen LogP contribution is 2.39. The number of hydrogen-bond acceptors (Lipinski definition) is 2. The van der Waals surface area contributed by atoms with Crippen LogP contribution in [0.5, 0.6) is 0 Å². The molecule has 1 heterocycles. The van der Waals surface area contributed by atoms with Gasteiger partial charge in [0.05, 0.1) is 11.8 Å². The van der Waals surface area contributed by atoms with Crippen LogP contribution in [0.3, 0.4) is 0 Å². The fourth-order valence-corrected chi connectivity index (χ4v) is 1.61. The minimum absolute atomic E-state index is 0.136. The van der Waals surface area contributed by atoms with Crippen LogP contribution in [-0.4, -0.2) is 5.71 Å². The number of fused-ring (bicyclic) bond motifs is 1. The van der Waals surface area contributed by atoms with E-state index in [0.717, 1.165) is 5.69 Å². The van der Waals surface area contributed by atoms with Gasteiger partial charge in [0.2, 0.25) is 0 Å². The second kappa shape index (κ2) is 4.27. The molecule has 0 N–H and O–H groups in total. The van der Waals surface area contributed by atoms with Gasteiger partial charge in [-0.05, 0) is 18.6 Å². The van der Waals surface area contributed by atoms with Gasteiger partial charge in [-0.3, -0.25) is 4.99 Å². The Kier molecular flexibility index (Phi) is 3.26. The summed E-state index contributed by atoms with van der Waals surface area (Å²) in [5, 5.41) is 7.32. The first kappa shape index (κ1) is 11.5. The lowest BCUT2D eigenvalue weighted by Crippen LogP contribution is -2.22. The third-order valence-corrected chi connectivity index (χ3v) is 2.77. The molecule has 0 unspecified atom stereocenters. The van der Waals surface area contributed by atoms with E-state index in [1.807, 2.05) is 6.07 Å². The summed E-state index contributed by atoms with van der Waals surface area (Å²) in [5.74, 6) is 0. The fraction of sp³-hybridized carbons (Fsp3) is 0.385. The third kappa shape index (κ3) is 2.07. The smallest absolute Gasteiger partial charge is 0.0670 e. The van der Waals surface area contributed by atoms with Gasteiger partial charge in [0.25, 0.3) is 0 Å². The molecule has 0 aliphatic carbocycles. The summed E-state index contributed by atoms with van der Waals surface area (Å²) in [7, 11) is 0. The molecule has 2 heteroatoms. The van der Waals surface area contributed by atoms with E-state index in [9.17, 15) is 0 Å². The molecular formula is C13H16N2. The summed E-state index contributed by atoms with van der Waals surface area (Å²) in [4.78, 5) is 4.52. The van der Waals surface area contributed by atoms with Crippen molar-refractivity contribution in [2.75, 3.05) is 0 Å². The van der Waals surface area contributed by atoms with Gasteiger partial charge in [-0.25, -0.2) is 0 Å². The van der Waals surface area contributed by atoms with Gasteiger partial charge in [0.1, 0.15) is 0 Å². The number of para-hydroxylation sites is 1. The van der Waals surface area contributed by atoms with Gasteiger partial charge in [0.15, 0.2) is 0 Å². The number of nitriles is 1. The number of hydrogen-bond donors (Lipinski definition) is 0. The molecule has 2 rings (SSSR count). The van der Waals surface area contributed by atoms with Crippen LogP contribution in [0.1, 0.15) is 33.3 Å². The SMILES string of the molecule is CC#N.CC1=Nc2ccccc2C1(C)C. The molecule has 0 fully saturated rings. The molecule has 1 aliphatic heterocycles. The highest BCUT2D eigenvalue weighted by molar-refractivity contribution is 5.99. The quantitative estimate of drug-likeness (QED) is 0.630. The van der Waals surface area contributed by atoms with Crippen LogP contribution >= 0.6 is 0 Å². The Morgan fingerprint density at radius 3 is 2.33 bits per heavy atom. The molecular weight excluding hydrogens is 184 g/mol. The first-order chi connectivity index (χ1) is 7.04. The highest BCUT2D eigenvalue weighted by Gasteiger charge is 2.31. The third-order valence-electron chi connectivity index (χ3n) is 2.77. The lowest BCUT2D eigenvalue weighted by molar-refractivity contribution is 0.733. The minimum atomic E-state index is 0.136. The molecule has 15 heavy (non-hydrogen) atoms. The summed E-state index contributed by atoms with van der Waals surface area (Å²) in [6, 6.07) is 10.1. The molecule has 1 aliphatic rings. The van der Waals surface area contributed by atoms with Gasteiger partial charge in [0, 0.05) is 18.1 Å². The standard InChI is InChI=1S/C11H13N.C2H3N/c1-8-11(2,3)9-6-4-5-7-10(9)12-8;1-2-3/h4-7H,1-3H3;1H3. The maximum Gasteiger partial charge on any atom is 0.0670 e. The topological polar surface area (TPSA) is 36.1 Å². The normalized spacial score (nSPS) is 15.5. The summed E-state index contributed by atoms with van der Waals surface area (Å²) >= 11 is 0. The predicted octanol–water partition coefficient (Wildman–Crippen LogP) is 3.60. The van der Waals surface area contributed by atoms with E-state index < -0.39 is 0 Å². The number of rotatable bonds is 0. The van der Waals surface area contributed by atoms with Gasteiger partial charge >= 0.3 is 0 Å². The summed E-state index contributed by atoms with van der Waals surface area (Å²) in [5.41, 5.74) is 3.84. The number of nitrogens with zero attached hydrogens (tertiary/aromatic N) is 2. The molecule has 0 spiro atoms. The van der Waals surface area contributed by atoms with Crippen molar-refractivity contribution in [3.8, 4) is 6.07 Å². The Labute approximate surface area is 91.3 Å². The Morgan fingerprint density at radius 2 is 1.80 bits per heavy atom. The van der Waals surface area contributed by atoms with E-state index in [4.69, 9.17) is 5.26 Å². The lowest BCUT2D eigenvalue weighted by Gasteiger charge is -2.19. The zero-order valence-corrected chi connectivity index (χ0v) is 9.70. The molecule has 0 saturated heterocycles. The Bertz CT molecular complexity index is 422. The van der Waals surface area contributed by atoms with Crippen molar-refractivity contribution in [2.45, 2.75) is 33.1 Å². The molecule has 0 bridgehead atoms. The van der Waals surface area contributed by atoms with Crippen LogP contribution in [0.4, 0.5) is 5.69 Å². The Hall–Kier alpha value is -1.62. The van der Waals surface area contributed by atoms with Crippen molar-refractivity contribution in [1.82, 2.24) is 0 Å². The summed E-state index contributed by atoms with van der Waals surface area (Å²) in [6.07, 6.45) is 0. The molecule has 1 aromatic carbocycles. The molecule has 2 nitrogen and oxygen atoms in total. The molecule has 0 atom stereocenters. The molecule has 0 amide bonds. The first-order valence-corrected chi connectivity index (χ1v) is 5.00. The summed E-state index contributed by atoms with van der Waals surface area (Å²) < 4.78 is 0. The number of benzene rings is 1. The van der Waals surface area contributed by atoms with Crippen LogP contribution in [0.2, 0.25) is 0 Å². The van der Waals surface area contributed by atoms with Crippen molar-refractivity contribution in [1.29, 1.82) is 5.26 Å². The van der Waals surface area contributed by atoms with E-state index in [2.05, 4.69) is 44.0 Å². The minimum Gasteiger partial charge on any atom is -0.257 e. The summed E-state index contributed by atoms with van der Waals surface area (Å²) in [6.45, 7) is 7.97. The number of aliphatic imine (C=N–C) groups is 1. The van der Waals surface area contributed by atoms with E-state index in [1.54, 1.807) is 6.07 Å².